The highest BCUT2D eigenvalue weighted by Crippen LogP contribution is 2.57. The summed E-state index contributed by atoms with van der Waals surface area (Å²) in [5.41, 5.74) is 17.4. The van der Waals surface area contributed by atoms with Gasteiger partial charge in [-0.25, -0.2) is 0 Å². The third kappa shape index (κ3) is 6.19. The summed E-state index contributed by atoms with van der Waals surface area (Å²) in [5.74, 6) is 0. The van der Waals surface area contributed by atoms with Crippen molar-refractivity contribution in [2.75, 3.05) is 9.80 Å². The van der Waals surface area contributed by atoms with E-state index < -0.39 is 0 Å². The topological polar surface area (TPSA) is 6.48 Å². The molecule has 0 unspecified atom stereocenters. The van der Waals surface area contributed by atoms with Gasteiger partial charge in [0, 0.05) is 45.0 Å². The van der Waals surface area contributed by atoms with Gasteiger partial charge in [-0.15, -0.1) is 0 Å². The molecule has 12 aromatic carbocycles. The molecule has 0 aliphatic heterocycles. The Bertz CT molecular complexity index is 4000. The summed E-state index contributed by atoms with van der Waals surface area (Å²) in [7, 11) is 0. The Morgan fingerprint density at radius 2 is 0.486 bits per heavy atom. The van der Waals surface area contributed by atoms with Gasteiger partial charge in [-0.1, -0.05) is 161 Å². The zero-order valence-electron chi connectivity index (χ0n) is 39.8. The fourth-order valence-electron chi connectivity index (χ4n) is 12.1. The van der Waals surface area contributed by atoms with Crippen molar-refractivity contribution in [2.45, 2.75) is 38.5 Å². The lowest BCUT2D eigenvalue weighted by atomic mass is 9.79. The molecular weight excluding hydrogens is 845 g/mol. The normalized spacial score (nSPS) is 13.9. The van der Waals surface area contributed by atoms with Crippen molar-refractivity contribution in [3.63, 3.8) is 0 Å². The first-order chi connectivity index (χ1) is 34.2. The molecule has 0 saturated carbocycles. The van der Waals surface area contributed by atoms with Crippen molar-refractivity contribution < 1.29 is 0 Å². The number of anilines is 6. The van der Waals surface area contributed by atoms with Gasteiger partial charge in [0.15, 0.2) is 0 Å². The molecule has 14 rings (SSSR count). The predicted octanol–water partition coefficient (Wildman–Crippen LogP) is 19.0. The van der Waals surface area contributed by atoms with Crippen LogP contribution < -0.4 is 9.80 Å². The SMILES string of the molecule is CC1(C)c2cc(N(c3ccc4ccccc4c3)c3ccc4ccccc4c3)ccc2-c2cc3c(cc21)-c1cc2ccc(N(c4ccc5ccccc5c4)c4ccc5ccccc5c4)cc2cc1C3(C)C. The molecule has 70 heavy (non-hydrogen) atoms. The van der Waals surface area contributed by atoms with E-state index in [1.165, 1.54) is 98.4 Å². The van der Waals surface area contributed by atoms with E-state index in [-0.39, 0.29) is 10.8 Å². The predicted molar refractivity (Wildman–Crippen MR) is 298 cm³/mol. The maximum absolute atomic E-state index is 2.55. The number of rotatable bonds is 6. The number of benzene rings is 12. The molecule has 2 nitrogen and oxygen atoms in total. The third-order valence-electron chi connectivity index (χ3n) is 15.9. The van der Waals surface area contributed by atoms with Crippen molar-refractivity contribution in [1.29, 1.82) is 0 Å². The van der Waals surface area contributed by atoms with Crippen molar-refractivity contribution in [3.8, 4) is 22.3 Å². The van der Waals surface area contributed by atoms with Gasteiger partial charge in [-0.3, -0.25) is 0 Å². The minimum absolute atomic E-state index is 0.198. The number of fused-ring (bicyclic) bond motifs is 11. The number of hydrogen-bond donors (Lipinski definition) is 0. The molecule has 0 saturated heterocycles. The Morgan fingerprint density at radius 1 is 0.214 bits per heavy atom. The molecule has 0 amide bonds. The Morgan fingerprint density at radius 3 is 0.900 bits per heavy atom. The summed E-state index contributed by atoms with van der Waals surface area (Å²) < 4.78 is 0. The third-order valence-corrected chi connectivity index (χ3v) is 15.9. The van der Waals surface area contributed by atoms with Crippen LogP contribution in [0.25, 0.3) is 76.1 Å². The average Bonchev–Trinajstić information content (AvgIpc) is 3.75. The van der Waals surface area contributed by atoms with Crippen LogP contribution in [0.4, 0.5) is 34.1 Å². The second-order valence-corrected chi connectivity index (χ2v) is 20.6. The van der Waals surface area contributed by atoms with Gasteiger partial charge in [0.05, 0.1) is 0 Å². The highest BCUT2D eigenvalue weighted by Gasteiger charge is 2.42. The van der Waals surface area contributed by atoms with Gasteiger partial charge in [0.25, 0.3) is 0 Å². The molecule has 0 spiro atoms. The molecule has 12 aromatic rings. The number of hydrogen-bond acceptors (Lipinski definition) is 2. The standard InChI is InChI=1S/C68H50N2/c1-67(2)63-39-52-37-57(69(53-26-21-43-13-5-9-17-47(43)33-53)54-27-22-44-14-6-10-18-48(44)34-54)30-25-51(52)38-60(63)62-42-65-61(41-66(62)67)59-32-31-58(40-64(59)68(65,3)4)70(55-28-23-45-15-7-11-19-49(45)35-55)56-29-24-46-16-8-12-20-50(46)36-56/h5-42H,1-4H3. The highest BCUT2D eigenvalue weighted by atomic mass is 15.1. The lowest BCUT2D eigenvalue weighted by Gasteiger charge is -2.28. The first kappa shape index (κ1) is 40.6. The Balaban J connectivity index is 0.868. The summed E-state index contributed by atoms with van der Waals surface area (Å²) in [4.78, 5) is 4.86. The van der Waals surface area contributed by atoms with Crippen LogP contribution in [-0.2, 0) is 10.8 Å². The largest absolute Gasteiger partial charge is 0.310 e. The molecule has 2 aliphatic rings. The lowest BCUT2D eigenvalue weighted by molar-refractivity contribution is 0.652. The van der Waals surface area contributed by atoms with Crippen LogP contribution in [-0.4, -0.2) is 0 Å². The Kier molecular flexibility index (Phi) is 8.71. The van der Waals surface area contributed by atoms with E-state index in [0.29, 0.717) is 0 Å². The van der Waals surface area contributed by atoms with Crippen molar-refractivity contribution in [2.24, 2.45) is 0 Å². The van der Waals surface area contributed by atoms with E-state index in [1.54, 1.807) is 0 Å². The second-order valence-electron chi connectivity index (χ2n) is 20.6. The minimum Gasteiger partial charge on any atom is -0.310 e. The van der Waals surface area contributed by atoms with Crippen molar-refractivity contribution in [3.05, 3.63) is 253 Å². The summed E-state index contributed by atoms with van der Waals surface area (Å²) in [6.45, 7) is 9.69. The van der Waals surface area contributed by atoms with Crippen molar-refractivity contribution in [1.82, 2.24) is 0 Å². The molecule has 2 heteroatoms. The first-order valence-corrected chi connectivity index (χ1v) is 24.6. The minimum atomic E-state index is -0.220. The molecule has 0 bridgehead atoms. The average molecular weight is 895 g/mol. The zero-order chi connectivity index (χ0) is 46.9. The van der Waals surface area contributed by atoms with Crippen LogP contribution in [0.5, 0.6) is 0 Å². The first-order valence-electron chi connectivity index (χ1n) is 24.6. The van der Waals surface area contributed by atoms with Gasteiger partial charge in [-0.05, 0) is 195 Å². The van der Waals surface area contributed by atoms with Gasteiger partial charge >= 0.3 is 0 Å². The second kappa shape index (κ2) is 15.0. The fourth-order valence-corrected chi connectivity index (χ4v) is 12.1. The molecule has 0 heterocycles. The summed E-state index contributed by atoms with van der Waals surface area (Å²) >= 11 is 0. The highest BCUT2D eigenvalue weighted by molar-refractivity contribution is 6.00. The smallest absolute Gasteiger partial charge is 0.0468 e. The van der Waals surface area contributed by atoms with E-state index in [2.05, 4.69) is 268 Å². The van der Waals surface area contributed by atoms with E-state index in [4.69, 9.17) is 0 Å². The fraction of sp³-hybridized carbons (Fsp3) is 0.0882. The van der Waals surface area contributed by atoms with Crippen LogP contribution in [0.2, 0.25) is 0 Å². The van der Waals surface area contributed by atoms with E-state index in [9.17, 15) is 0 Å². The van der Waals surface area contributed by atoms with Crippen molar-refractivity contribution >= 4 is 88.0 Å². The summed E-state index contributed by atoms with van der Waals surface area (Å²) in [6.07, 6.45) is 0. The van der Waals surface area contributed by atoms with E-state index in [1.807, 2.05) is 0 Å². The maximum Gasteiger partial charge on any atom is 0.0468 e. The van der Waals surface area contributed by atoms with Crippen LogP contribution in [0.1, 0.15) is 49.9 Å². The monoisotopic (exact) mass is 894 g/mol. The lowest BCUT2D eigenvalue weighted by Crippen LogP contribution is -2.17. The molecule has 0 radical (unpaired) electrons. The summed E-state index contributed by atoms with van der Waals surface area (Å²) in [5, 5.41) is 12.4. The molecular formula is C68H50N2. The van der Waals surface area contributed by atoms with E-state index in [0.717, 1.165) is 34.1 Å². The molecule has 0 atom stereocenters. The van der Waals surface area contributed by atoms with Gasteiger partial charge in [0.1, 0.15) is 0 Å². The van der Waals surface area contributed by atoms with Gasteiger partial charge in [0.2, 0.25) is 0 Å². The molecule has 0 fully saturated rings. The van der Waals surface area contributed by atoms with Crippen LogP contribution in [0, 0.1) is 0 Å². The Labute approximate surface area is 409 Å². The molecule has 332 valence electrons. The van der Waals surface area contributed by atoms with Gasteiger partial charge < -0.3 is 9.80 Å². The van der Waals surface area contributed by atoms with Gasteiger partial charge in [-0.2, -0.15) is 0 Å². The number of nitrogens with zero attached hydrogens (tertiary/aromatic N) is 2. The molecule has 2 aliphatic carbocycles. The van der Waals surface area contributed by atoms with E-state index >= 15 is 0 Å². The van der Waals surface area contributed by atoms with Crippen LogP contribution in [0.3, 0.4) is 0 Å². The molecule has 0 N–H and O–H groups in total. The quantitative estimate of drug-likeness (QED) is 0.164. The zero-order valence-corrected chi connectivity index (χ0v) is 39.8. The van der Waals surface area contributed by atoms with Crippen LogP contribution in [0.15, 0.2) is 231 Å². The maximum atomic E-state index is 2.55. The summed E-state index contributed by atoms with van der Waals surface area (Å²) in [6, 6.07) is 86.2. The Hall–Kier alpha value is -8.46. The molecule has 0 aromatic heterocycles. The van der Waals surface area contributed by atoms with Crippen LogP contribution >= 0.6 is 0 Å².